The number of hydrogen-bond acceptors (Lipinski definition) is 3. The summed E-state index contributed by atoms with van der Waals surface area (Å²) in [7, 11) is -3.77. The lowest BCUT2D eigenvalue weighted by Crippen LogP contribution is -2.23. The molecule has 0 unspecified atom stereocenters. The van der Waals surface area contributed by atoms with Gasteiger partial charge in [-0.25, -0.2) is 17.9 Å². The SMILES string of the molecule is NS(=O)(=O)c1ccc(C(=O)NCc2ccc(F)cc2)cc1. The Morgan fingerprint density at radius 2 is 1.62 bits per heavy atom. The Morgan fingerprint density at radius 1 is 1.05 bits per heavy atom. The van der Waals surface area contributed by atoms with Gasteiger partial charge in [-0.15, -0.1) is 0 Å². The standard InChI is InChI=1S/C14H13FN2O3S/c15-12-5-1-10(2-6-12)9-17-14(18)11-3-7-13(8-4-11)21(16,19)20/h1-8H,9H2,(H,17,18)(H2,16,19,20). The fourth-order valence-corrected chi connectivity index (χ4v) is 2.20. The fraction of sp³-hybridized carbons (Fsp3) is 0.0714. The number of nitrogens with two attached hydrogens (primary N) is 1. The Hall–Kier alpha value is -2.25. The van der Waals surface area contributed by atoms with Crippen LogP contribution in [0.1, 0.15) is 15.9 Å². The van der Waals surface area contributed by atoms with E-state index >= 15 is 0 Å². The van der Waals surface area contributed by atoms with Gasteiger partial charge in [-0.2, -0.15) is 0 Å². The third-order valence-corrected chi connectivity index (χ3v) is 3.74. The van der Waals surface area contributed by atoms with Gasteiger partial charge >= 0.3 is 0 Å². The summed E-state index contributed by atoms with van der Waals surface area (Å²) in [4.78, 5) is 11.8. The van der Waals surface area contributed by atoms with Gasteiger partial charge < -0.3 is 5.32 Å². The maximum absolute atomic E-state index is 12.7. The molecule has 0 radical (unpaired) electrons. The number of carbonyl (C=O) groups excluding carboxylic acids is 1. The molecule has 2 rings (SSSR count). The van der Waals surface area contributed by atoms with Crippen LogP contribution in [0.25, 0.3) is 0 Å². The van der Waals surface area contributed by atoms with Gasteiger partial charge in [0.15, 0.2) is 0 Å². The smallest absolute Gasteiger partial charge is 0.251 e. The number of benzene rings is 2. The molecule has 0 aromatic heterocycles. The quantitative estimate of drug-likeness (QED) is 0.894. The second kappa shape index (κ2) is 6.02. The van der Waals surface area contributed by atoms with E-state index in [0.29, 0.717) is 5.56 Å². The third kappa shape index (κ3) is 4.11. The van der Waals surface area contributed by atoms with Crippen molar-refractivity contribution in [3.05, 3.63) is 65.5 Å². The highest BCUT2D eigenvalue weighted by molar-refractivity contribution is 7.89. The summed E-state index contributed by atoms with van der Waals surface area (Å²) in [6, 6.07) is 11.0. The molecule has 0 bridgehead atoms. The Kier molecular flexibility index (Phi) is 4.35. The Labute approximate surface area is 121 Å². The highest BCUT2D eigenvalue weighted by Gasteiger charge is 2.10. The largest absolute Gasteiger partial charge is 0.348 e. The molecular weight excluding hydrogens is 295 g/mol. The number of rotatable bonds is 4. The van der Waals surface area contributed by atoms with Crippen molar-refractivity contribution < 1.29 is 17.6 Å². The number of halogens is 1. The van der Waals surface area contributed by atoms with Crippen LogP contribution in [0.2, 0.25) is 0 Å². The minimum Gasteiger partial charge on any atom is -0.348 e. The van der Waals surface area contributed by atoms with Crippen molar-refractivity contribution >= 4 is 15.9 Å². The first-order chi connectivity index (χ1) is 9.86. The molecule has 0 saturated heterocycles. The van der Waals surface area contributed by atoms with E-state index in [1.54, 1.807) is 12.1 Å². The fourth-order valence-electron chi connectivity index (χ4n) is 1.68. The van der Waals surface area contributed by atoms with Gasteiger partial charge in [0.1, 0.15) is 5.82 Å². The Bertz CT molecular complexity index is 741. The lowest BCUT2D eigenvalue weighted by atomic mass is 10.2. The number of hydrogen-bond donors (Lipinski definition) is 2. The highest BCUT2D eigenvalue weighted by atomic mass is 32.2. The normalized spacial score (nSPS) is 11.1. The van der Waals surface area contributed by atoms with Gasteiger partial charge in [-0.3, -0.25) is 4.79 Å². The molecule has 0 aliphatic rings. The van der Waals surface area contributed by atoms with Gasteiger partial charge in [0.25, 0.3) is 5.91 Å². The van der Waals surface area contributed by atoms with E-state index in [9.17, 15) is 17.6 Å². The van der Waals surface area contributed by atoms with E-state index in [-0.39, 0.29) is 23.2 Å². The zero-order valence-electron chi connectivity index (χ0n) is 10.9. The molecule has 0 saturated carbocycles. The molecule has 2 aromatic carbocycles. The van der Waals surface area contributed by atoms with Crippen LogP contribution in [0.5, 0.6) is 0 Å². The first-order valence-corrected chi connectivity index (χ1v) is 7.56. The molecular formula is C14H13FN2O3S. The maximum Gasteiger partial charge on any atom is 0.251 e. The summed E-state index contributed by atoms with van der Waals surface area (Å²) in [6.45, 7) is 0.246. The van der Waals surface area contributed by atoms with Crippen LogP contribution in [0.3, 0.4) is 0 Å². The van der Waals surface area contributed by atoms with E-state index in [2.05, 4.69) is 5.32 Å². The molecule has 1 amide bonds. The van der Waals surface area contributed by atoms with E-state index in [1.165, 1.54) is 36.4 Å². The number of amides is 1. The van der Waals surface area contributed by atoms with Crippen molar-refractivity contribution in [1.29, 1.82) is 0 Å². The van der Waals surface area contributed by atoms with Gasteiger partial charge in [-0.05, 0) is 42.0 Å². The molecule has 0 spiro atoms. The second-order valence-corrected chi connectivity index (χ2v) is 5.94. The van der Waals surface area contributed by atoms with E-state index < -0.39 is 10.0 Å². The number of sulfonamides is 1. The molecule has 0 atom stereocenters. The van der Waals surface area contributed by atoms with Crippen molar-refractivity contribution in [2.45, 2.75) is 11.4 Å². The summed E-state index contributed by atoms with van der Waals surface area (Å²) < 4.78 is 34.9. The van der Waals surface area contributed by atoms with Crippen molar-refractivity contribution in [2.75, 3.05) is 0 Å². The lowest BCUT2D eigenvalue weighted by molar-refractivity contribution is 0.0951. The predicted octanol–water partition coefficient (Wildman–Crippen LogP) is 1.40. The average molecular weight is 308 g/mol. The van der Waals surface area contributed by atoms with E-state index in [0.717, 1.165) is 5.56 Å². The van der Waals surface area contributed by atoms with Crippen LogP contribution < -0.4 is 10.5 Å². The summed E-state index contributed by atoms with van der Waals surface area (Å²) >= 11 is 0. The second-order valence-electron chi connectivity index (χ2n) is 4.38. The molecule has 0 heterocycles. The molecule has 3 N–H and O–H groups in total. The van der Waals surface area contributed by atoms with Crippen LogP contribution in [0.15, 0.2) is 53.4 Å². The number of nitrogens with one attached hydrogen (secondary N) is 1. The zero-order valence-corrected chi connectivity index (χ0v) is 11.7. The van der Waals surface area contributed by atoms with Crippen LogP contribution in [0, 0.1) is 5.82 Å². The minimum atomic E-state index is -3.77. The minimum absolute atomic E-state index is 0.0578. The summed E-state index contributed by atoms with van der Waals surface area (Å²) in [5.74, 6) is -0.705. The zero-order chi connectivity index (χ0) is 15.5. The van der Waals surface area contributed by atoms with E-state index in [4.69, 9.17) is 5.14 Å². The average Bonchev–Trinajstić information content (AvgIpc) is 2.45. The Balaban J connectivity index is 2.02. The first-order valence-electron chi connectivity index (χ1n) is 6.02. The highest BCUT2D eigenvalue weighted by Crippen LogP contribution is 2.09. The van der Waals surface area contributed by atoms with Gasteiger partial charge in [-0.1, -0.05) is 12.1 Å². The molecule has 5 nitrogen and oxygen atoms in total. The first kappa shape index (κ1) is 15.1. The summed E-state index contributed by atoms with van der Waals surface area (Å²) in [6.07, 6.45) is 0. The molecule has 0 fully saturated rings. The van der Waals surface area contributed by atoms with E-state index in [1.807, 2.05) is 0 Å². The van der Waals surface area contributed by atoms with Crippen LogP contribution in [-0.4, -0.2) is 14.3 Å². The number of primary sulfonamides is 1. The van der Waals surface area contributed by atoms with Gasteiger partial charge in [0.05, 0.1) is 4.90 Å². The molecule has 110 valence electrons. The van der Waals surface area contributed by atoms with Crippen LogP contribution in [0.4, 0.5) is 4.39 Å². The summed E-state index contributed by atoms with van der Waals surface area (Å²) in [5, 5.41) is 7.62. The Morgan fingerprint density at radius 3 is 2.14 bits per heavy atom. The lowest BCUT2D eigenvalue weighted by Gasteiger charge is -2.06. The van der Waals surface area contributed by atoms with Gasteiger partial charge in [0.2, 0.25) is 10.0 Å². The number of carbonyl (C=O) groups is 1. The monoisotopic (exact) mass is 308 g/mol. The molecule has 7 heteroatoms. The topological polar surface area (TPSA) is 89.3 Å². The van der Waals surface area contributed by atoms with Gasteiger partial charge in [0, 0.05) is 12.1 Å². The van der Waals surface area contributed by atoms with Crippen LogP contribution >= 0.6 is 0 Å². The van der Waals surface area contributed by atoms with Crippen molar-refractivity contribution in [3.63, 3.8) is 0 Å². The van der Waals surface area contributed by atoms with Crippen molar-refractivity contribution in [1.82, 2.24) is 5.32 Å². The van der Waals surface area contributed by atoms with Crippen LogP contribution in [-0.2, 0) is 16.6 Å². The summed E-state index contributed by atoms with van der Waals surface area (Å²) in [5.41, 5.74) is 1.07. The third-order valence-electron chi connectivity index (χ3n) is 2.81. The molecule has 0 aliphatic heterocycles. The van der Waals surface area contributed by atoms with Crippen molar-refractivity contribution in [3.8, 4) is 0 Å². The molecule has 21 heavy (non-hydrogen) atoms. The van der Waals surface area contributed by atoms with Crippen molar-refractivity contribution in [2.24, 2.45) is 5.14 Å². The molecule has 0 aliphatic carbocycles. The maximum atomic E-state index is 12.7. The predicted molar refractivity (Wildman–Crippen MR) is 75.4 cm³/mol. The molecule has 2 aromatic rings.